The molecular formula is C18H13Cl2N3O2. The molecule has 2 aromatic carbocycles. The van der Waals surface area contributed by atoms with Crippen molar-refractivity contribution < 1.29 is 9.15 Å². The highest BCUT2D eigenvalue weighted by atomic mass is 35.5. The molecule has 0 bridgehead atoms. The minimum Gasteiger partial charge on any atom is -0.484 e. The first-order valence-corrected chi connectivity index (χ1v) is 8.16. The van der Waals surface area contributed by atoms with Crippen LogP contribution in [0.3, 0.4) is 0 Å². The number of hydrogen-bond donors (Lipinski definition) is 1. The fraction of sp³-hybridized carbons (Fsp3) is 0.111. The summed E-state index contributed by atoms with van der Waals surface area (Å²) >= 11 is 11.7. The first-order chi connectivity index (χ1) is 12.1. The Balaban J connectivity index is 1.63. The lowest BCUT2D eigenvalue weighted by Gasteiger charge is -2.04. The van der Waals surface area contributed by atoms with E-state index in [0.29, 0.717) is 34.1 Å². The predicted octanol–water partition coefficient (Wildman–Crippen LogP) is 5.04. The highest BCUT2D eigenvalue weighted by Gasteiger charge is 2.13. The van der Waals surface area contributed by atoms with E-state index in [1.54, 1.807) is 36.4 Å². The van der Waals surface area contributed by atoms with Crippen LogP contribution < -0.4 is 10.1 Å². The van der Waals surface area contributed by atoms with E-state index in [1.165, 1.54) is 0 Å². The Kier molecular flexibility index (Phi) is 5.44. The summed E-state index contributed by atoms with van der Waals surface area (Å²) in [6.07, 6.45) is 0. The second-order valence-electron chi connectivity index (χ2n) is 5.12. The van der Waals surface area contributed by atoms with Crippen LogP contribution in [0, 0.1) is 11.3 Å². The molecule has 1 N–H and O–H groups in total. The Labute approximate surface area is 154 Å². The van der Waals surface area contributed by atoms with Crippen molar-refractivity contribution in [3.05, 3.63) is 75.7 Å². The monoisotopic (exact) mass is 373 g/mol. The van der Waals surface area contributed by atoms with Gasteiger partial charge in [0.1, 0.15) is 11.8 Å². The van der Waals surface area contributed by atoms with E-state index in [0.717, 1.165) is 5.56 Å². The van der Waals surface area contributed by atoms with E-state index in [-0.39, 0.29) is 12.3 Å². The summed E-state index contributed by atoms with van der Waals surface area (Å²) in [7, 11) is 0. The number of oxazole rings is 1. The summed E-state index contributed by atoms with van der Waals surface area (Å²) in [5.41, 5.74) is 1.19. The van der Waals surface area contributed by atoms with Crippen LogP contribution in [-0.4, -0.2) is 4.98 Å². The number of anilines is 1. The summed E-state index contributed by atoms with van der Waals surface area (Å²) < 4.78 is 11.1. The van der Waals surface area contributed by atoms with E-state index in [9.17, 15) is 5.26 Å². The van der Waals surface area contributed by atoms with Gasteiger partial charge in [0.25, 0.3) is 0 Å². The molecule has 25 heavy (non-hydrogen) atoms. The van der Waals surface area contributed by atoms with Crippen molar-refractivity contribution in [1.29, 1.82) is 5.26 Å². The molecule has 0 saturated carbocycles. The standard InChI is InChI=1S/C18H13Cl2N3O2/c19-13-3-1-12(2-4-13)10-22-18-16(9-21)23-17(25-18)11-24-15-7-5-14(20)6-8-15/h1-8,22H,10-11H2. The second kappa shape index (κ2) is 7.93. The number of rotatable bonds is 6. The van der Waals surface area contributed by atoms with E-state index in [4.69, 9.17) is 32.4 Å². The van der Waals surface area contributed by atoms with E-state index >= 15 is 0 Å². The number of aromatic nitrogens is 1. The second-order valence-corrected chi connectivity index (χ2v) is 5.99. The molecule has 0 atom stereocenters. The lowest BCUT2D eigenvalue weighted by molar-refractivity contribution is 0.265. The Morgan fingerprint density at radius 2 is 1.68 bits per heavy atom. The Morgan fingerprint density at radius 1 is 1.04 bits per heavy atom. The molecule has 0 aliphatic rings. The lowest BCUT2D eigenvalue weighted by atomic mass is 10.2. The number of nitrogens with zero attached hydrogens (tertiary/aromatic N) is 2. The third-order valence-electron chi connectivity index (χ3n) is 3.32. The third kappa shape index (κ3) is 4.66. The Bertz CT molecular complexity index is 884. The van der Waals surface area contributed by atoms with Gasteiger partial charge in [0.05, 0.1) is 0 Å². The van der Waals surface area contributed by atoms with Crippen molar-refractivity contribution in [2.45, 2.75) is 13.2 Å². The molecule has 3 rings (SSSR count). The quantitative estimate of drug-likeness (QED) is 0.654. The predicted molar refractivity (Wildman–Crippen MR) is 95.8 cm³/mol. The normalized spacial score (nSPS) is 10.3. The Hall–Kier alpha value is -2.68. The van der Waals surface area contributed by atoms with E-state index in [1.807, 2.05) is 18.2 Å². The van der Waals surface area contributed by atoms with Crippen molar-refractivity contribution in [2.75, 3.05) is 5.32 Å². The van der Waals surface area contributed by atoms with Gasteiger partial charge in [-0.1, -0.05) is 35.3 Å². The van der Waals surface area contributed by atoms with Crippen LogP contribution in [0.5, 0.6) is 5.75 Å². The van der Waals surface area contributed by atoms with Crippen LogP contribution in [0.2, 0.25) is 10.0 Å². The van der Waals surface area contributed by atoms with Crippen LogP contribution in [0.25, 0.3) is 0 Å². The van der Waals surface area contributed by atoms with Gasteiger partial charge in [-0.25, -0.2) is 0 Å². The van der Waals surface area contributed by atoms with Gasteiger partial charge in [0.2, 0.25) is 17.5 Å². The zero-order valence-electron chi connectivity index (χ0n) is 13.0. The van der Waals surface area contributed by atoms with Crippen molar-refractivity contribution in [3.8, 4) is 11.8 Å². The zero-order valence-corrected chi connectivity index (χ0v) is 14.5. The molecule has 3 aromatic rings. The van der Waals surface area contributed by atoms with Crippen LogP contribution in [0.15, 0.2) is 52.9 Å². The first kappa shape index (κ1) is 17.2. The number of hydrogen-bond acceptors (Lipinski definition) is 5. The molecule has 0 unspecified atom stereocenters. The number of nitrogens with one attached hydrogen (secondary N) is 1. The van der Waals surface area contributed by atoms with Crippen molar-refractivity contribution in [3.63, 3.8) is 0 Å². The maximum atomic E-state index is 9.20. The Morgan fingerprint density at radius 3 is 2.32 bits per heavy atom. The molecule has 5 nitrogen and oxygen atoms in total. The molecule has 7 heteroatoms. The number of halogens is 2. The minimum absolute atomic E-state index is 0.110. The fourth-order valence-electron chi connectivity index (χ4n) is 2.08. The lowest BCUT2D eigenvalue weighted by Crippen LogP contribution is -1.99. The smallest absolute Gasteiger partial charge is 0.236 e. The molecule has 0 radical (unpaired) electrons. The molecule has 126 valence electrons. The number of nitriles is 1. The first-order valence-electron chi connectivity index (χ1n) is 7.40. The van der Waals surface area contributed by atoms with Gasteiger partial charge in [0.15, 0.2) is 6.61 Å². The summed E-state index contributed by atoms with van der Waals surface area (Å²) in [6.45, 7) is 0.595. The van der Waals surface area contributed by atoms with Crippen LogP contribution in [0.4, 0.5) is 5.88 Å². The number of benzene rings is 2. The highest BCUT2D eigenvalue weighted by molar-refractivity contribution is 6.30. The summed E-state index contributed by atoms with van der Waals surface area (Å²) in [4.78, 5) is 4.13. The average Bonchev–Trinajstić information content (AvgIpc) is 3.03. The highest BCUT2D eigenvalue weighted by Crippen LogP contribution is 2.21. The average molecular weight is 374 g/mol. The van der Waals surface area contributed by atoms with Crippen LogP contribution >= 0.6 is 23.2 Å². The third-order valence-corrected chi connectivity index (χ3v) is 3.82. The van der Waals surface area contributed by atoms with Crippen LogP contribution in [0.1, 0.15) is 17.1 Å². The van der Waals surface area contributed by atoms with Crippen LogP contribution in [-0.2, 0) is 13.2 Å². The fourth-order valence-corrected chi connectivity index (χ4v) is 2.33. The molecule has 0 saturated heterocycles. The zero-order chi connectivity index (χ0) is 17.6. The largest absolute Gasteiger partial charge is 0.484 e. The summed E-state index contributed by atoms with van der Waals surface area (Å²) in [5.74, 6) is 1.26. The topological polar surface area (TPSA) is 71.1 Å². The van der Waals surface area contributed by atoms with Crippen molar-refractivity contribution in [2.24, 2.45) is 0 Å². The summed E-state index contributed by atoms with van der Waals surface area (Å²) in [5, 5.41) is 13.6. The number of ether oxygens (including phenoxy) is 1. The van der Waals surface area contributed by atoms with Crippen molar-refractivity contribution >= 4 is 29.1 Å². The maximum absolute atomic E-state index is 9.20. The van der Waals surface area contributed by atoms with Gasteiger partial charge in [-0.05, 0) is 42.0 Å². The molecule has 0 spiro atoms. The minimum atomic E-state index is 0.110. The summed E-state index contributed by atoms with van der Waals surface area (Å²) in [6, 6.07) is 16.3. The van der Waals surface area contributed by atoms with Crippen molar-refractivity contribution in [1.82, 2.24) is 4.98 Å². The molecule has 1 aromatic heterocycles. The van der Waals surface area contributed by atoms with E-state index < -0.39 is 0 Å². The molecular weight excluding hydrogens is 361 g/mol. The molecule has 0 fully saturated rings. The molecule has 0 aliphatic carbocycles. The van der Waals surface area contributed by atoms with Gasteiger partial charge in [0, 0.05) is 16.6 Å². The molecule has 0 aliphatic heterocycles. The van der Waals surface area contributed by atoms with Gasteiger partial charge < -0.3 is 14.5 Å². The van der Waals surface area contributed by atoms with Gasteiger partial charge in [-0.3, -0.25) is 0 Å². The SMILES string of the molecule is N#Cc1nc(COc2ccc(Cl)cc2)oc1NCc1ccc(Cl)cc1. The van der Waals surface area contributed by atoms with Gasteiger partial charge >= 0.3 is 0 Å². The van der Waals surface area contributed by atoms with Gasteiger partial charge in [-0.2, -0.15) is 10.2 Å². The van der Waals surface area contributed by atoms with Gasteiger partial charge in [-0.15, -0.1) is 0 Å². The molecule has 0 amide bonds. The van der Waals surface area contributed by atoms with E-state index in [2.05, 4.69) is 10.3 Å². The maximum Gasteiger partial charge on any atom is 0.236 e. The molecule has 1 heterocycles.